The zero-order valence-corrected chi connectivity index (χ0v) is 35.7. The van der Waals surface area contributed by atoms with Crippen molar-refractivity contribution in [3.05, 3.63) is 193 Å². The second-order valence-corrected chi connectivity index (χ2v) is 17.5. The average Bonchev–Trinajstić information content (AvgIpc) is 3.96. The maximum Gasteiger partial charge on any atom is 0.235 e. The Labute approximate surface area is 370 Å². The summed E-state index contributed by atoms with van der Waals surface area (Å²) in [6, 6.07) is 63.4. The minimum Gasteiger partial charge on any atom is -0.455 e. The van der Waals surface area contributed by atoms with Crippen molar-refractivity contribution in [2.24, 2.45) is 5.92 Å². The Kier molecular flexibility index (Phi) is 8.26. The number of aromatic nitrogens is 3. The molecule has 1 saturated carbocycles. The quantitative estimate of drug-likeness (QED) is 0.178. The molecule has 2 unspecified atom stereocenters. The topological polar surface area (TPSA) is 43.9 Å². The largest absolute Gasteiger partial charge is 0.455 e. The molecule has 2 atom stereocenters. The molecule has 1 fully saturated rings. The van der Waals surface area contributed by atoms with Crippen LogP contribution in [0.2, 0.25) is 0 Å². The van der Waals surface area contributed by atoms with Gasteiger partial charge in [-0.1, -0.05) is 178 Å². The third-order valence-electron chi connectivity index (χ3n) is 13.5. The Balaban J connectivity index is 0.00000134. The van der Waals surface area contributed by atoms with Gasteiger partial charge in [-0.15, -0.1) is 0 Å². The highest BCUT2D eigenvalue weighted by Gasteiger charge is 2.40. The Hall–Kier alpha value is -7.82. The van der Waals surface area contributed by atoms with Crippen molar-refractivity contribution in [3.63, 3.8) is 0 Å². The molecule has 304 valence electrons. The summed E-state index contributed by atoms with van der Waals surface area (Å²) in [6.07, 6.45) is 7.20. The number of benzene rings is 9. The molecule has 12 aromatic rings. The molecule has 3 heterocycles. The SMILES string of the molecule is C1=CC2CC2c2cc3c4cccc(-c5c6ccccc6cc6c5oc5ccccc56)c4n(-c4nc(-c5ccc(-c6cccc7ccccc67)cc5)c5ccccc5n4)c3cc21.CCC. The Morgan fingerprint density at radius 3 is 2.09 bits per heavy atom. The summed E-state index contributed by atoms with van der Waals surface area (Å²) in [5.74, 6) is 1.87. The van der Waals surface area contributed by atoms with Crippen LogP contribution in [-0.2, 0) is 0 Å². The van der Waals surface area contributed by atoms with Gasteiger partial charge in [-0.3, -0.25) is 4.57 Å². The van der Waals surface area contributed by atoms with E-state index in [2.05, 4.69) is 206 Å². The van der Waals surface area contributed by atoms with Gasteiger partial charge in [0.05, 0.1) is 22.2 Å². The summed E-state index contributed by atoms with van der Waals surface area (Å²) in [5.41, 5.74) is 14.1. The summed E-state index contributed by atoms with van der Waals surface area (Å²) in [6.45, 7) is 4.25. The predicted octanol–water partition coefficient (Wildman–Crippen LogP) is 16.5. The third kappa shape index (κ3) is 5.62. The lowest BCUT2D eigenvalue weighted by Crippen LogP contribution is -2.05. The van der Waals surface area contributed by atoms with Crippen LogP contribution < -0.4 is 0 Å². The van der Waals surface area contributed by atoms with E-state index in [-0.39, 0.29) is 0 Å². The van der Waals surface area contributed by atoms with Gasteiger partial charge in [0.2, 0.25) is 5.95 Å². The normalized spacial score (nSPS) is 15.3. The fourth-order valence-corrected chi connectivity index (χ4v) is 10.5. The monoisotopic (exact) mass is 821 g/mol. The molecule has 2 aliphatic rings. The first kappa shape index (κ1) is 36.8. The first-order valence-electron chi connectivity index (χ1n) is 22.6. The van der Waals surface area contributed by atoms with Crippen LogP contribution >= 0.6 is 0 Å². The van der Waals surface area contributed by atoms with Crippen LogP contribution in [0.25, 0.3) is 122 Å². The lowest BCUT2D eigenvalue weighted by molar-refractivity contribution is 0.670. The number of para-hydroxylation sites is 3. The van der Waals surface area contributed by atoms with Gasteiger partial charge in [-0.25, -0.2) is 9.97 Å². The molecule has 64 heavy (non-hydrogen) atoms. The van der Waals surface area contributed by atoms with Crippen molar-refractivity contribution < 1.29 is 4.42 Å². The number of hydrogen-bond donors (Lipinski definition) is 0. The molecule has 3 aromatic heterocycles. The Bertz CT molecular complexity index is 3880. The molecular weight excluding hydrogens is 779 g/mol. The molecular formula is C60H43N3O. The van der Waals surface area contributed by atoms with Gasteiger partial charge in [-0.05, 0) is 92.4 Å². The van der Waals surface area contributed by atoms with E-state index in [0.29, 0.717) is 17.8 Å². The van der Waals surface area contributed by atoms with Gasteiger partial charge in [0.15, 0.2) is 0 Å². The Morgan fingerprint density at radius 1 is 0.562 bits per heavy atom. The maximum atomic E-state index is 6.87. The lowest BCUT2D eigenvalue weighted by atomic mass is 9.93. The van der Waals surface area contributed by atoms with E-state index in [1.165, 1.54) is 62.0 Å². The number of rotatable bonds is 4. The van der Waals surface area contributed by atoms with E-state index in [1.54, 1.807) is 0 Å². The molecule has 2 aliphatic carbocycles. The molecule has 4 nitrogen and oxygen atoms in total. The minimum absolute atomic E-state index is 0.583. The van der Waals surface area contributed by atoms with E-state index in [1.807, 2.05) is 0 Å². The van der Waals surface area contributed by atoms with Gasteiger partial charge >= 0.3 is 0 Å². The van der Waals surface area contributed by atoms with Crippen LogP contribution in [0, 0.1) is 5.92 Å². The maximum absolute atomic E-state index is 6.87. The summed E-state index contributed by atoms with van der Waals surface area (Å²) in [4.78, 5) is 11.0. The zero-order chi connectivity index (χ0) is 42.5. The van der Waals surface area contributed by atoms with E-state index in [9.17, 15) is 0 Å². The Morgan fingerprint density at radius 2 is 1.23 bits per heavy atom. The van der Waals surface area contributed by atoms with Gasteiger partial charge in [0.1, 0.15) is 11.2 Å². The number of hydrogen-bond acceptors (Lipinski definition) is 3. The smallest absolute Gasteiger partial charge is 0.235 e. The second kappa shape index (κ2) is 14.4. The molecule has 0 spiro atoms. The molecule has 0 bridgehead atoms. The third-order valence-corrected chi connectivity index (χ3v) is 13.5. The van der Waals surface area contributed by atoms with E-state index in [4.69, 9.17) is 14.4 Å². The van der Waals surface area contributed by atoms with Crippen LogP contribution in [0.1, 0.15) is 43.7 Å². The highest BCUT2D eigenvalue weighted by Crippen LogP contribution is 2.54. The highest BCUT2D eigenvalue weighted by molar-refractivity contribution is 6.23. The first-order chi connectivity index (χ1) is 31.6. The summed E-state index contributed by atoms with van der Waals surface area (Å²) in [5, 5.41) is 10.4. The molecule has 14 rings (SSSR count). The zero-order valence-electron chi connectivity index (χ0n) is 35.7. The molecule has 9 aromatic carbocycles. The van der Waals surface area contributed by atoms with Crippen LogP contribution in [0.3, 0.4) is 0 Å². The summed E-state index contributed by atoms with van der Waals surface area (Å²) >= 11 is 0. The number of furan rings is 1. The van der Waals surface area contributed by atoms with E-state index < -0.39 is 0 Å². The number of allylic oxidation sites excluding steroid dienone is 1. The van der Waals surface area contributed by atoms with Crippen molar-refractivity contribution >= 4 is 82.3 Å². The number of fused-ring (bicyclic) bond motifs is 12. The van der Waals surface area contributed by atoms with Gasteiger partial charge in [0, 0.05) is 43.6 Å². The molecule has 0 amide bonds. The van der Waals surface area contributed by atoms with E-state index in [0.717, 1.165) is 71.6 Å². The fourth-order valence-electron chi connectivity index (χ4n) is 10.5. The lowest BCUT2D eigenvalue weighted by Gasteiger charge is -2.15. The molecule has 0 N–H and O–H groups in total. The second-order valence-electron chi connectivity index (χ2n) is 17.5. The molecule has 0 radical (unpaired) electrons. The average molecular weight is 822 g/mol. The van der Waals surface area contributed by atoms with Gasteiger partial charge < -0.3 is 4.42 Å². The van der Waals surface area contributed by atoms with E-state index >= 15 is 0 Å². The van der Waals surface area contributed by atoms with Crippen molar-refractivity contribution in [2.45, 2.75) is 32.6 Å². The van der Waals surface area contributed by atoms with Crippen LogP contribution in [0.15, 0.2) is 186 Å². The number of nitrogens with zero attached hydrogens (tertiary/aromatic N) is 3. The summed E-state index contributed by atoms with van der Waals surface area (Å²) < 4.78 is 9.20. The van der Waals surface area contributed by atoms with Crippen molar-refractivity contribution in [2.75, 3.05) is 0 Å². The first-order valence-corrected chi connectivity index (χ1v) is 22.6. The van der Waals surface area contributed by atoms with Crippen LogP contribution in [-0.4, -0.2) is 14.5 Å². The predicted molar refractivity (Wildman–Crippen MR) is 268 cm³/mol. The fraction of sp³-hybridized carbons (Fsp3) is 0.100. The van der Waals surface area contributed by atoms with Crippen molar-refractivity contribution in [1.82, 2.24) is 14.5 Å². The standard InChI is InChI=1S/C57H35N3O.C3H8/c1-3-14-39-33(11-1)13-9-18-40(39)34-23-25-35(26-24-34)54-44-17-5-7-21-50(44)58-57(59-54)60-51-31-38-28-27-37-29-46(37)47(38)32-48(51)43-19-10-20-45(55(43)60)53-41-15-4-2-12-36(41)30-49-42-16-6-8-22-52(42)61-56(49)53;1-3-2/h1-28,30-32,37,46H,29H2;3H2,1-2H3. The van der Waals surface area contributed by atoms with Crippen molar-refractivity contribution in [1.29, 1.82) is 0 Å². The van der Waals surface area contributed by atoms with Crippen LogP contribution in [0.5, 0.6) is 0 Å². The molecule has 0 aliphatic heterocycles. The molecule has 0 saturated heterocycles. The van der Waals surface area contributed by atoms with Gasteiger partial charge in [0.25, 0.3) is 0 Å². The summed E-state index contributed by atoms with van der Waals surface area (Å²) in [7, 11) is 0. The minimum atomic E-state index is 0.583. The van der Waals surface area contributed by atoms with Gasteiger partial charge in [-0.2, -0.15) is 0 Å². The van der Waals surface area contributed by atoms with Crippen LogP contribution in [0.4, 0.5) is 0 Å². The molecule has 4 heteroatoms. The highest BCUT2D eigenvalue weighted by atomic mass is 16.3. The van der Waals surface area contributed by atoms with Crippen molar-refractivity contribution in [3.8, 4) is 39.5 Å².